The molecule has 0 radical (unpaired) electrons. The smallest absolute Gasteiger partial charge is 0.0100 e. The van der Waals surface area contributed by atoms with Crippen molar-refractivity contribution in [2.45, 2.75) is 38.1 Å². The molecular weight excluding hydrogens is 192 g/mol. The van der Waals surface area contributed by atoms with Gasteiger partial charge in [0.15, 0.2) is 0 Å². The van der Waals surface area contributed by atoms with E-state index in [9.17, 15) is 0 Å². The summed E-state index contributed by atoms with van der Waals surface area (Å²) in [6.45, 7) is 2.15. The molecule has 0 aliphatic carbocycles. The first kappa shape index (κ1) is 12.3. The quantitative estimate of drug-likeness (QED) is 0.688. The highest BCUT2D eigenvalue weighted by molar-refractivity contribution is 7.99. The Kier molecular flexibility index (Phi) is 6.65. The standard InChI is InChI=1S/C11H24N2S/c1-13-8-3-2-5-11(13)6-10-14-9-4-7-12/h11H,2-10,12H2,1H3. The van der Waals surface area contributed by atoms with Gasteiger partial charge in [0.25, 0.3) is 0 Å². The van der Waals surface area contributed by atoms with Crippen molar-refractivity contribution < 1.29 is 0 Å². The monoisotopic (exact) mass is 216 g/mol. The molecule has 2 N–H and O–H groups in total. The Bertz CT molecular complexity index is 141. The lowest BCUT2D eigenvalue weighted by Crippen LogP contribution is -2.36. The molecule has 0 aromatic carbocycles. The number of thioether (sulfide) groups is 1. The van der Waals surface area contributed by atoms with Crippen LogP contribution in [0.3, 0.4) is 0 Å². The molecule has 0 aromatic heterocycles. The fourth-order valence-corrected chi connectivity index (χ4v) is 3.03. The van der Waals surface area contributed by atoms with Gasteiger partial charge in [-0.1, -0.05) is 6.42 Å². The number of nitrogens with two attached hydrogens (primary N) is 1. The number of hydrogen-bond acceptors (Lipinski definition) is 3. The first-order valence-electron chi connectivity index (χ1n) is 5.82. The van der Waals surface area contributed by atoms with E-state index >= 15 is 0 Å². The van der Waals surface area contributed by atoms with E-state index in [1.807, 2.05) is 0 Å². The van der Waals surface area contributed by atoms with Crippen molar-refractivity contribution in [2.24, 2.45) is 5.73 Å². The summed E-state index contributed by atoms with van der Waals surface area (Å²) in [6, 6.07) is 0.856. The molecule has 1 fully saturated rings. The van der Waals surface area contributed by atoms with Crippen molar-refractivity contribution in [1.29, 1.82) is 0 Å². The topological polar surface area (TPSA) is 29.3 Å². The van der Waals surface area contributed by atoms with Gasteiger partial charge in [-0.15, -0.1) is 0 Å². The molecule has 1 rings (SSSR count). The van der Waals surface area contributed by atoms with E-state index in [4.69, 9.17) is 5.73 Å². The summed E-state index contributed by atoms with van der Waals surface area (Å²) in [5, 5.41) is 0. The molecule has 1 saturated heterocycles. The highest BCUT2D eigenvalue weighted by Crippen LogP contribution is 2.19. The Morgan fingerprint density at radius 1 is 1.36 bits per heavy atom. The van der Waals surface area contributed by atoms with Crippen LogP contribution >= 0.6 is 11.8 Å². The Morgan fingerprint density at radius 3 is 2.93 bits per heavy atom. The lowest BCUT2D eigenvalue weighted by atomic mass is 10.0. The van der Waals surface area contributed by atoms with E-state index in [2.05, 4.69) is 23.7 Å². The van der Waals surface area contributed by atoms with Crippen LogP contribution in [0.25, 0.3) is 0 Å². The first-order valence-corrected chi connectivity index (χ1v) is 6.98. The van der Waals surface area contributed by atoms with Gasteiger partial charge in [0.05, 0.1) is 0 Å². The highest BCUT2D eigenvalue weighted by Gasteiger charge is 2.17. The molecule has 1 aliphatic rings. The number of hydrogen-bond donors (Lipinski definition) is 1. The van der Waals surface area contributed by atoms with Crippen LogP contribution in [0.2, 0.25) is 0 Å². The van der Waals surface area contributed by atoms with Crippen LogP contribution < -0.4 is 5.73 Å². The second-order valence-electron chi connectivity index (χ2n) is 4.17. The van der Waals surface area contributed by atoms with E-state index in [-0.39, 0.29) is 0 Å². The number of nitrogens with zero attached hydrogens (tertiary/aromatic N) is 1. The zero-order valence-corrected chi connectivity index (χ0v) is 10.2. The predicted octanol–water partition coefficient (Wildman–Crippen LogP) is 1.94. The summed E-state index contributed by atoms with van der Waals surface area (Å²) in [5.41, 5.74) is 5.45. The van der Waals surface area contributed by atoms with E-state index in [0.717, 1.165) is 12.6 Å². The summed E-state index contributed by atoms with van der Waals surface area (Å²) < 4.78 is 0. The average molecular weight is 216 g/mol. The summed E-state index contributed by atoms with van der Waals surface area (Å²) in [4.78, 5) is 2.53. The molecule has 1 heterocycles. The Balaban J connectivity index is 1.99. The van der Waals surface area contributed by atoms with Gasteiger partial charge in [-0.3, -0.25) is 0 Å². The predicted molar refractivity (Wildman–Crippen MR) is 65.9 cm³/mol. The van der Waals surface area contributed by atoms with Crippen LogP contribution in [0, 0.1) is 0 Å². The maximum atomic E-state index is 5.45. The fourth-order valence-electron chi connectivity index (χ4n) is 2.02. The summed E-state index contributed by atoms with van der Waals surface area (Å²) >= 11 is 2.07. The number of likely N-dealkylation sites (tertiary alicyclic amines) is 1. The second kappa shape index (κ2) is 7.55. The van der Waals surface area contributed by atoms with Gasteiger partial charge in [0, 0.05) is 6.04 Å². The van der Waals surface area contributed by atoms with E-state index < -0.39 is 0 Å². The third kappa shape index (κ3) is 4.67. The van der Waals surface area contributed by atoms with Crippen molar-refractivity contribution in [3.05, 3.63) is 0 Å². The Labute approximate surface area is 92.6 Å². The van der Waals surface area contributed by atoms with Gasteiger partial charge < -0.3 is 10.6 Å². The minimum Gasteiger partial charge on any atom is -0.330 e. The molecule has 0 amide bonds. The van der Waals surface area contributed by atoms with Crippen molar-refractivity contribution in [3.8, 4) is 0 Å². The summed E-state index contributed by atoms with van der Waals surface area (Å²) in [5.74, 6) is 2.56. The average Bonchev–Trinajstić information content (AvgIpc) is 2.20. The van der Waals surface area contributed by atoms with Gasteiger partial charge in [-0.2, -0.15) is 11.8 Å². The van der Waals surface area contributed by atoms with Gasteiger partial charge in [-0.05, 0) is 57.3 Å². The summed E-state index contributed by atoms with van der Waals surface area (Å²) in [6.07, 6.45) is 6.78. The number of rotatable bonds is 6. The molecule has 1 aliphatic heterocycles. The third-order valence-corrected chi connectivity index (χ3v) is 4.11. The molecule has 1 unspecified atom stereocenters. The van der Waals surface area contributed by atoms with Gasteiger partial charge in [0.1, 0.15) is 0 Å². The maximum Gasteiger partial charge on any atom is 0.0100 e. The minimum atomic E-state index is 0.844. The van der Waals surface area contributed by atoms with Crippen LogP contribution in [0.1, 0.15) is 32.1 Å². The zero-order valence-electron chi connectivity index (χ0n) is 9.37. The lowest BCUT2D eigenvalue weighted by molar-refractivity contribution is 0.182. The largest absolute Gasteiger partial charge is 0.330 e. The van der Waals surface area contributed by atoms with Crippen molar-refractivity contribution in [1.82, 2.24) is 4.90 Å². The van der Waals surface area contributed by atoms with Crippen LogP contribution in [0.4, 0.5) is 0 Å². The lowest BCUT2D eigenvalue weighted by Gasteiger charge is -2.32. The van der Waals surface area contributed by atoms with Crippen molar-refractivity contribution >= 4 is 11.8 Å². The van der Waals surface area contributed by atoms with Crippen LogP contribution in [0.15, 0.2) is 0 Å². The molecule has 14 heavy (non-hydrogen) atoms. The number of piperidine rings is 1. The van der Waals surface area contributed by atoms with Crippen LogP contribution in [0.5, 0.6) is 0 Å². The Morgan fingerprint density at radius 2 is 2.21 bits per heavy atom. The molecule has 0 bridgehead atoms. The maximum absolute atomic E-state index is 5.45. The zero-order chi connectivity index (χ0) is 10.2. The van der Waals surface area contributed by atoms with Crippen LogP contribution in [-0.2, 0) is 0 Å². The van der Waals surface area contributed by atoms with Gasteiger partial charge >= 0.3 is 0 Å². The molecule has 84 valence electrons. The fraction of sp³-hybridized carbons (Fsp3) is 1.00. The highest BCUT2D eigenvalue weighted by atomic mass is 32.2. The van der Waals surface area contributed by atoms with E-state index in [1.165, 1.54) is 50.2 Å². The molecule has 3 heteroatoms. The molecular formula is C11H24N2S. The van der Waals surface area contributed by atoms with Gasteiger partial charge in [-0.25, -0.2) is 0 Å². The van der Waals surface area contributed by atoms with E-state index in [1.54, 1.807) is 0 Å². The summed E-state index contributed by atoms with van der Waals surface area (Å²) in [7, 11) is 2.27. The molecule has 1 atom stereocenters. The van der Waals surface area contributed by atoms with Crippen LogP contribution in [-0.4, -0.2) is 42.6 Å². The van der Waals surface area contributed by atoms with Gasteiger partial charge in [0.2, 0.25) is 0 Å². The first-order chi connectivity index (χ1) is 6.84. The normalized spacial score (nSPS) is 24.0. The molecule has 0 spiro atoms. The SMILES string of the molecule is CN1CCCCC1CCSCCCN. The van der Waals surface area contributed by atoms with E-state index in [0.29, 0.717) is 0 Å². The second-order valence-corrected chi connectivity index (χ2v) is 5.40. The Hall–Kier alpha value is 0.270. The third-order valence-electron chi connectivity index (χ3n) is 3.01. The molecule has 2 nitrogen and oxygen atoms in total. The molecule has 0 saturated carbocycles. The minimum absolute atomic E-state index is 0.844. The molecule has 0 aromatic rings. The van der Waals surface area contributed by atoms with Crippen molar-refractivity contribution in [2.75, 3.05) is 31.6 Å². The van der Waals surface area contributed by atoms with Crippen molar-refractivity contribution in [3.63, 3.8) is 0 Å².